The largest absolute Gasteiger partial charge is 0.387 e. The number of nitrogens with zero attached hydrogens (tertiary/aromatic N) is 2. The molecule has 0 radical (unpaired) electrons. The maximum atomic E-state index is 12.0. The molecule has 1 unspecified atom stereocenters. The lowest BCUT2D eigenvalue weighted by Gasteiger charge is -2.38. The summed E-state index contributed by atoms with van der Waals surface area (Å²) in [7, 11) is 0. The van der Waals surface area contributed by atoms with E-state index in [0.717, 1.165) is 44.8 Å². The zero-order chi connectivity index (χ0) is 15.3. The van der Waals surface area contributed by atoms with Crippen LogP contribution in [0.25, 0.3) is 0 Å². The van der Waals surface area contributed by atoms with Gasteiger partial charge in [-0.05, 0) is 44.7 Å². The second kappa shape index (κ2) is 7.25. The van der Waals surface area contributed by atoms with E-state index >= 15 is 0 Å². The number of carbonyl (C=O) groups excluding carboxylic acids is 1. The molecule has 0 saturated carbocycles. The number of amides is 1. The summed E-state index contributed by atoms with van der Waals surface area (Å²) >= 11 is 0. The number of hydrogen-bond donors (Lipinski definition) is 1. The van der Waals surface area contributed by atoms with Crippen LogP contribution in [0.5, 0.6) is 0 Å². The molecular weight excluding hydrogens is 266 g/mol. The molecule has 5 heteroatoms. The molecule has 0 aliphatic carbocycles. The fraction of sp³-hybridized carbons (Fsp3) is 0.875. The van der Waals surface area contributed by atoms with Crippen LogP contribution in [0.15, 0.2) is 5.16 Å². The van der Waals surface area contributed by atoms with E-state index in [4.69, 9.17) is 4.84 Å². The molecule has 0 aromatic carbocycles. The van der Waals surface area contributed by atoms with Crippen molar-refractivity contribution in [1.29, 1.82) is 0 Å². The van der Waals surface area contributed by atoms with Gasteiger partial charge in [-0.25, -0.2) is 0 Å². The molecular formula is C16H29N3O2. The Morgan fingerprint density at radius 3 is 3.05 bits per heavy atom. The molecule has 2 rings (SSSR count). The number of oxime groups is 1. The van der Waals surface area contributed by atoms with E-state index in [0.29, 0.717) is 18.7 Å². The van der Waals surface area contributed by atoms with Gasteiger partial charge < -0.3 is 10.2 Å². The maximum Gasteiger partial charge on any atom is 0.269 e. The van der Waals surface area contributed by atoms with Crippen molar-refractivity contribution in [2.24, 2.45) is 11.1 Å². The molecule has 1 N–H and O–H groups in total. The lowest BCUT2D eigenvalue weighted by atomic mass is 9.87. The lowest BCUT2D eigenvalue weighted by Crippen LogP contribution is -2.49. The fourth-order valence-electron chi connectivity index (χ4n) is 3.02. The van der Waals surface area contributed by atoms with Crippen molar-refractivity contribution in [2.45, 2.75) is 58.5 Å². The van der Waals surface area contributed by atoms with Crippen molar-refractivity contribution in [3.05, 3.63) is 0 Å². The quantitative estimate of drug-likeness (QED) is 0.817. The molecule has 2 aliphatic rings. The minimum absolute atomic E-state index is 0.0620. The van der Waals surface area contributed by atoms with Crippen LogP contribution in [0, 0.1) is 5.92 Å². The van der Waals surface area contributed by atoms with Crippen LogP contribution in [-0.4, -0.2) is 48.3 Å². The van der Waals surface area contributed by atoms with Gasteiger partial charge in [0.25, 0.3) is 5.91 Å². The van der Waals surface area contributed by atoms with E-state index in [2.05, 4.69) is 29.2 Å². The predicted octanol–water partition coefficient (Wildman–Crippen LogP) is 2.17. The number of piperidine rings is 1. The highest BCUT2D eigenvalue weighted by Gasteiger charge is 2.44. The first-order valence-electron chi connectivity index (χ1n) is 8.30. The van der Waals surface area contributed by atoms with E-state index in [1.54, 1.807) is 0 Å². The first kappa shape index (κ1) is 16.3. The van der Waals surface area contributed by atoms with Crippen molar-refractivity contribution in [3.63, 3.8) is 0 Å². The number of likely N-dealkylation sites (tertiary alicyclic amines) is 1. The van der Waals surface area contributed by atoms with Crippen LogP contribution in [0.2, 0.25) is 0 Å². The summed E-state index contributed by atoms with van der Waals surface area (Å²) in [5.41, 5.74) is 0.308. The number of rotatable bonds is 6. The predicted molar refractivity (Wildman–Crippen MR) is 84.3 cm³/mol. The van der Waals surface area contributed by atoms with Crippen LogP contribution >= 0.6 is 0 Å². The molecule has 1 amide bonds. The van der Waals surface area contributed by atoms with Crippen LogP contribution < -0.4 is 5.32 Å². The summed E-state index contributed by atoms with van der Waals surface area (Å²) < 4.78 is 0. The van der Waals surface area contributed by atoms with Crippen molar-refractivity contribution < 1.29 is 9.63 Å². The highest BCUT2D eigenvalue weighted by atomic mass is 16.7. The Balaban J connectivity index is 1.85. The molecule has 120 valence electrons. The van der Waals surface area contributed by atoms with Crippen LogP contribution in [0.4, 0.5) is 0 Å². The number of hydrogen-bond acceptors (Lipinski definition) is 4. The van der Waals surface area contributed by atoms with Crippen LogP contribution in [-0.2, 0) is 9.63 Å². The topological polar surface area (TPSA) is 53.9 Å². The Hall–Kier alpha value is -1.10. The fourth-order valence-corrected chi connectivity index (χ4v) is 3.02. The van der Waals surface area contributed by atoms with Gasteiger partial charge in [0, 0.05) is 19.5 Å². The second-order valence-corrected chi connectivity index (χ2v) is 6.81. The molecule has 1 saturated heterocycles. The SMILES string of the molecule is CCCNC(=O)C1=NOC2(CCCN(CCC(C)C)C2)C1. The average molecular weight is 295 g/mol. The van der Waals surface area contributed by atoms with Crippen molar-refractivity contribution in [3.8, 4) is 0 Å². The molecule has 21 heavy (non-hydrogen) atoms. The first-order valence-corrected chi connectivity index (χ1v) is 8.30. The number of nitrogens with one attached hydrogen (secondary N) is 1. The van der Waals surface area contributed by atoms with Gasteiger partial charge in [-0.1, -0.05) is 25.9 Å². The van der Waals surface area contributed by atoms with Gasteiger partial charge in [0.1, 0.15) is 5.71 Å². The summed E-state index contributed by atoms with van der Waals surface area (Å²) in [5, 5.41) is 6.96. The molecule has 2 heterocycles. The minimum Gasteiger partial charge on any atom is -0.387 e. The Labute approximate surface area is 128 Å². The van der Waals surface area contributed by atoms with Crippen LogP contribution in [0.1, 0.15) is 52.9 Å². The van der Waals surface area contributed by atoms with E-state index in [1.165, 1.54) is 6.42 Å². The monoisotopic (exact) mass is 295 g/mol. The minimum atomic E-state index is -0.256. The first-order chi connectivity index (χ1) is 10.0. The van der Waals surface area contributed by atoms with E-state index in [1.807, 2.05) is 6.92 Å². The van der Waals surface area contributed by atoms with Gasteiger partial charge in [-0.15, -0.1) is 0 Å². The highest BCUT2D eigenvalue weighted by molar-refractivity contribution is 6.39. The third-order valence-corrected chi connectivity index (χ3v) is 4.28. The summed E-state index contributed by atoms with van der Waals surface area (Å²) in [6.45, 7) is 10.4. The summed E-state index contributed by atoms with van der Waals surface area (Å²) in [5.74, 6) is 0.659. The van der Waals surface area contributed by atoms with E-state index in [9.17, 15) is 4.79 Å². The third-order valence-electron chi connectivity index (χ3n) is 4.28. The summed E-state index contributed by atoms with van der Waals surface area (Å²) in [6.07, 6.45) is 4.92. The van der Waals surface area contributed by atoms with Gasteiger partial charge in [0.05, 0.1) is 0 Å². The molecule has 5 nitrogen and oxygen atoms in total. The van der Waals surface area contributed by atoms with Gasteiger partial charge in [0.15, 0.2) is 5.60 Å². The number of carbonyl (C=O) groups is 1. The Morgan fingerprint density at radius 1 is 1.52 bits per heavy atom. The van der Waals surface area contributed by atoms with Gasteiger partial charge in [-0.2, -0.15) is 0 Å². The van der Waals surface area contributed by atoms with E-state index in [-0.39, 0.29) is 11.5 Å². The zero-order valence-corrected chi connectivity index (χ0v) is 13.7. The van der Waals surface area contributed by atoms with Gasteiger partial charge in [0.2, 0.25) is 0 Å². The van der Waals surface area contributed by atoms with Crippen molar-refractivity contribution in [2.75, 3.05) is 26.2 Å². The molecule has 0 bridgehead atoms. The third kappa shape index (κ3) is 4.43. The lowest BCUT2D eigenvalue weighted by molar-refractivity contribution is -0.114. The van der Waals surface area contributed by atoms with Crippen molar-refractivity contribution >= 4 is 11.6 Å². The maximum absolute atomic E-state index is 12.0. The molecule has 1 spiro atoms. The normalized spacial score (nSPS) is 26.0. The standard InChI is InChI=1S/C16H29N3O2/c1-4-8-17-15(20)14-11-16(21-18-14)7-5-9-19(12-16)10-6-13(2)3/h13H,4-12H2,1-3H3,(H,17,20). The molecule has 1 fully saturated rings. The second-order valence-electron chi connectivity index (χ2n) is 6.81. The Morgan fingerprint density at radius 2 is 2.33 bits per heavy atom. The van der Waals surface area contributed by atoms with Crippen molar-refractivity contribution in [1.82, 2.24) is 10.2 Å². The van der Waals surface area contributed by atoms with Crippen LogP contribution in [0.3, 0.4) is 0 Å². The van der Waals surface area contributed by atoms with Gasteiger partial charge >= 0.3 is 0 Å². The molecule has 0 aromatic heterocycles. The zero-order valence-electron chi connectivity index (χ0n) is 13.7. The molecule has 0 aromatic rings. The molecule has 2 aliphatic heterocycles. The smallest absolute Gasteiger partial charge is 0.269 e. The summed E-state index contributed by atoms with van der Waals surface area (Å²) in [4.78, 5) is 20.2. The highest BCUT2D eigenvalue weighted by Crippen LogP contribution is 2.33. The van der Waals surface area contributed by atoms with Gasteiger partial charge in [-0.3, -0.25) is 9.69 Å². The average Bonchev–Trinajstić information content (AvgIpc) is 2.86. The Bertz CT molecular complexity index is 395. The Kier molecular flexibility index (Phi) is 5.62. The van der Waals surface area contributed by atoms with E-state index < -0.39 is 0 Å². The molecule has 1 atom stereocenters. The summed E-state index contributed by atoms with van der Waals surface area (Å²) in [6, 6.07) is 0.